The Balaban J connectivity index is 2.56. The third-order valence-corrected chi connectivity index (χ3v) is 2.47. The molecule has 0 amide bonds. The molecule has 0 radical (unpaired) electrons. The number of fused-ring (bicyclic) bond motifs is 1. The number of aromatic amines is 1. The van der Waals surface area contributed by atoms with Crippen LogP contribution in [0.4, 0.5) is 0 Å². The van der Waals surface area contributed by atoms with Crippen LogP contribution in [-0.2, 0) is 4.79 Å². The highest BCUT2D eigenvalue weighted by Crippen LogP contribution is 2.18. The summed E-state index contributed by atoms with van der Waals surface area (Å²) in [5.74, 6) is -1.47. The maximum Gasteiger partial charge on any atom is 0.310 e. The highest BCUT2D eigenvalue weighted by atomic mass is 16.4. The van der Waals surface area contributed by atoms with Gasteiger partial charge in [0.1, 0.15) is 0 Å². The maximum absolute atomic E-state index is 11.0. The van der Waals surface area contributed by atoms with Crippen LogP contribution in [0, 0.1) is 0 Å². The lowest BCUT2D eigenvalue weighted by Gasteiger charge is -2.06. The van der Waals surface area contributed by atoms with Gasteiger partial charge in [0.25, 0.3) is 5.56 Å². The summed E-state index contributed by atoms with van der Waals surface area (Å²) < 4.78 is 0. The molecular formula is C11H10N2O3. The van der Waals surface area contributed by atoms with Gasteiger partial charge < -0.3 is 10.1 Å². The number of nitrogens with zero attached hydrogens (tertiary/aromatic N) is 1. The van der Waals surface area contributed by atoms with Crippen LogP contribution in [0.25, 0.3) is 11.0 Å². The van der Waals surface area contributed by atoms with Crippen molar-refractivity contribution in [3.63, 3.8) is 0 Å². The van der Waals surface area contributed by atoms with Gasteiger partial charge in [-0.1, -0.05) is 6.07 Å². The summed E-state index contributed by atoms with van der Waals surface area (Å²) in [6, 6.07) is 5.02. The van der Waals surface area contributed by atoms with E-state index in [2.05, 4.69) is 9.97 Å². The SMILES string of the molecule is CC(C(=O)O)c1ccc2[nH]c(=O)cnc2c1. The first-order valence-electron chi connectivity index (χ1n) is 4.80. The van der Waals surface area contributed by atoms with E-state index < -0.39 is 11.9 Å². The van der Waals surface area contributed by atoms with Gasteiger partial charge in [-0.3, -0.25) is 9.59 Å². The Labute approximate surface area is 90.8 Å². The lowest BCUT2D eigenvalue weighted by Crippen LogP contribution is -2.09. The Kier molecular flexibility index (Phi) is 2.44. The van der Waals surface area contributed by atoms with Crippen molar-refractivity contribution in [3.8, 4) is 0 Å². The van der Waals surface area contributed by atoms with E-state index in [-0.39, 0.29) is 5.56 Å². The zero-order chi connectivity index (χ0) is 11.7. The van der Waals surface area contributed by atoms with E-state index in [1.807, 2.05) is 0 Å². The lowest BCUT2D eigenvalue weighted by molar-refractivity contribution is -0.138. The van der Waals surface area contributed by atoms with Crippen LogP contribution in [0.15, 0.2) is 29.2 Å². The third kappa shape index (κ3) is 1.79. The lowest BCUT2D eigenvalue weighted by atomic mass is 10.0. The fraction of sp³-hybridized carbons (Fsp3) is 0.182. The van der Waals surface area contributed by atoms with Gasteiger partial charge >= 0.3 is 5.97 Å². The zero-order valence-electron chi connectivity index (χ0n) is 8.60. The van der Waals surface area contributed by atoms with Crippen molar-refractivity contribution in [2.45, 2.75) is 12.8 Å². The van der Waals surface area contributed by atoms with Gasteiger partial charge in [-0.05, 0) is 24.6 Å². The standard InChI is InChI=1S/C11H10N2O3/c1-6(11(15)16)7-2-3-8-9(4-7)12-5-10(14)13-8/h2-6H,1H3,(H,13,14)(H,15,16). The van der Waals surface area contributed by atoms with Crippen LogP contribution >= 0.6 is 0 Å². The van der Waals surface area contributed by atoms with Gasteiger partial charge in [0.2, 0.25) is 0 Å². The first-order chi connectivity index (χ1) is 7.58. The number of aromatic nitrogens is 2. The summed E-state index contributed by atoms with van der Waals surface area (Å²) in [5.41, 5.74) is 1.59. The molecule has 2 aromatic rings. The Hall–Kier alpha value is -2.17. The zero-order valence-corrected chi connectivity index (χ0v) is 8.60. The van der Waals surface area contributed by atoms with E-state index in [4.69, 9.17) is 5.11 Å². The first-order valence-corrected chi connectivity index (χ1v) is 4.80. The molecule has 16 heavy (non-hydrogen) atoms. The molecule has 2 N–H and O–H groups in total. The summed E-state index contributed by atoms with van der Waals surface area (Å²) in [6.07, 6.45) is 1.18. The molecule has 0 saturated carbocycles. The fourth-order valence-electron chi connectivity index (χ4n) is 1.47. The first kappa shape index (κ1) is 10.4. The summed E-state index contributed by atoms with van der Waals surface area (Å²) in [5, 5.41) is 8.87. The van der Waals surface area contributed by atoms with Crippen molar-refractivity contribution in [1.82, 2.24) is 9.97 Å². The van der Waals surface area contributed by atoms with Crippen LogP contribution in [0.5, 0.6) is 0 Å². The van der Waals surface area contributed by atoms with Crippen molar-refractivity contribution in [2.24, 2.45) is 0 Å². The van der Waals surface area contributed by atoms with E-state index in [0.29, 0.717) is 16.6 Å². The predicted octanol–water partition coefficient (Wildman–Crippen LogP) is 1.11. The summed E-state index contributed by atoms with van der Waals surface area (Å²) in [4.78, 5) is 28.4. The van der Waals surface area contributed by atoms with Crippen LogP contribution in [0.1, 0.15) is 18.4 Å². The van der Waals surface area contributed by atoms with E-state index in [1.54, 1.807) is 25.1 Å². The van der Waals surface area contributed by atoms with E-state index in [0.717, 1.165) is 0 Å². The number of nitrogens with one attached hydrogen (secondary N) is 1. The molecule has 1 heterocycles. The highest BCUT2D eigenvalue weighted by molar-refractivity contribution is 5.80. The second kappa shape index (κ2) is 3.77. The van der Waals surface area contributed by atoms with Crippen LogP contribution in [-0.4, -0.2) is 21.0 Å². The largest absolute Gasteiger partial charge is 0.481 e. The van der Waals surface area contributed by atoms with Gasteiger partial charge in [0.15, 0.2) is 0 Å². The number of H-pyrrole nitrogens is 1. The van der Waals surface area contributed by atoms with Crippen LogP contribution in [0.3, 0.4) is 0 Å². The van der Waals surface area contributed by atoms with Crippen molar-refractivity contribution >= 4 is 17.0 Å². The third-order valence-electron chi connectivity index (χ3n) is 2.47. The van der Waals surface area contributed by atoms with Crippen molar-refractivity contribution < 1.29 is 9.90 Å². The maximum atomic E-state index is 11.0. The molecule has 5 nitrogen and oxygen atoms in total. The molecule has 1 aromatic heterocycles. The molecule has 1 atom stereocenters. The van der Waals surface area contributed by atoms with Crippen LogP contribution < -0.4 is 5.56 Å². The second-order valence-electron chi connectivity index (χ2n) is 3.58. The molecule has 0 spiro atoms. The van der Waals surface area contributed by atoms with E-state index in [9.17, 15) is 9.59 Å². The van der Waals surface area contributed by atoms with E-state index >= 15 is 0 Å². The van der Waals surface area contributed by atoms with Gasteiger partial charge in [-0.2, -0.15) is 0 Å². The number of carboxylic acids is 1. The summed E-state index contributed by atoms with van der Waals surface area (Å²) in [7, 11) is 0. The molecule has 0 aliphatic rings. The fourth-order valence-corrected chi connectivity index (χ4v) is 1.47. The smallest absolute Gasteiger partial charge is 0.310 e. The second-order valence-corrected chi connectivity index (χ2v) is 3.58. The van der Waals surface area contributed by atoms with Gasteiger partial charge in [0.05, 0.1) is 23.1 Å². The van der Waals surface area contributed by atoms with Gasteiger partial charge in [-0.15, -0.1) is 0 Å². The summed E-state index contributed by atoms with van der Waals surface area (Å²) in [6.45, 7) is 1.61. The number of hydrogen-bond donors (Lipinski definition) is 2. The quantitative estimate of drug-likeness (QED) is 0.790. The van der Waals surface area contributed by atoms with Gasteiger partial charge in [-0.25, -0.2) is 4.98 Å². The summed E-state index contributed by atoms with van der Waals surface area (Å²) >= 11 is 0. The number of carbonyl (C=O) groups is 1. The number of hydrogen-bond acceptors (Lipinski definition) is 3. The molecule has 82 valence electrons. The average molecular weight is 218 g/mol. The van der Waals surface area contributed by atoms with Crippen molar-refractivity contribution in [3.05, 3.63) is 40.3 Å². The molecule has 5 heteroatoms. The molecule has 1 unspecified atom stereocenters. The highest BCUT2D eigenvalue weighted by Gasteiger charge is 2.13. The molecule has 0 aliphatic heterocycles. The number of rotatable bonds is 2. The van der Waals surface area contributed by atoms with Crippen LogP contribution in [0.2, 0.25) is 0 Å². The molecular weight excluding hydrogens is 208 g/mol. The Morgan fingerprint density at radius 3 is 2.94 bits per heavy atom. The minimum atomic E-state index is -0.885. The molecule has 0 fully saturated rings. The molecule has 1 aromatic carbocycles. The average Bonchev–Trinajstić information content (AvgIpc) is 2.27. The van der Waals surface area contributed by atoms with E-state index in [1.165, 1.54) is 6.20 Å². The Morgan fingerprint density at radius 1 is 1.50 bits per heavy atom. The Morgan fingerprint density at radius 2 is 2.25 bits per heavy atom. The molecule has 0 aliphatic carbocycles. The number of aliphatic carboxylic acids is 1. The number of carboxylic acid groups (broad SMARTS) is 1. The topological polar surface area (TPSA) is 83.0 Å². The molecule has 2 rings (SSSR count). The molecule has 0 saturated heterocycles. The van der Waals surface area contributed by atoms with Crippen molar-refractivity contribution in [2.75, 3.05) is 0 Å². The van der Waals surface area contributed by atoms with Crippen molar-refractivity contribution in [1.29, 1.82) is 0 Å². The Bertz CT molecular complexity index is 603. The number of benzene rings is 1. The predicted molar refractivity (Wildman–Crippen MR) is 58.4 cm³/mol. The molecule has 0 bridgehead atoms. The minimum absolute atomic E-state index is 0.272. The normalized spacial score (nSPS) is 12.6. The minimum Gasteiger partial charge on any atom is -0.481 e. The van der Waals surface area contributed by atoms with Gasteiger partial charge in [0, 0.05) is 0 Å². The monoisotopic (exact) mass is 218 g/mol.